The molecule has 2 aromatic rings. The van der Waals surface area contributed by atoms with Gasteiger partial charge in [-0.05, 0) is 49.9 Å². The first kappa shape index (κ1) is 15.7. The Labute approximate surface area is 146 Å². The molecule has 4 N–H and O–H groups in total. The smallest absolute Gasteiger partial charge is 0.220 e. The topological polar surface area (TPSA) is 102 Å². The second kappa shape index (κ2) is 5.91. The van der Waals surface area contributed by atoms with Crippen molar-refractivity contribution in [1.29, 1.82) is 0 Å². The number of aromatic nitrogens is 1. The average Bonchev–Trinajstić information content (AvgIpc) is 2.61. The lowest BCUT2D eigenvalue weighted by Crippen LogP contribution is -2.58. The fraction of sp³-hybridized carbons (Fsp3) is 0.389. The highest BCUT2D eigenvalue weighted by atomic mass is 16.5. The number of hydrogen-bond donors (Lipinski definition) is 2. The summed E-state index contributed by atoms with van der Waals surface area (Å²) in [7, 11) is 1.61. The second-order valence-electron chi connectivity index (χ2n) is 6.55. The lowest BCUT2D eigenvalue weighted by molar-refractivity contribution is 0.305. The highest BCUT2D eigenvalue weighted by Crippen LogP contribution is 2.40. The van der Waals surface area contributed by atoms with E-state index in [2.05, 4.69) is 16.0 Å². The molecule has 0 bridgehead atoms. The molecular formula is C18H22N6O. The van der Waals surface area contributed by atoms with Crippen molar-refractivity contribution in [2.45, 2.75) is 37.8 Å². The van der Waals surface area contributed by atoms with Crippen molar-refractivity contribution in [2.24, 2.45) is 21.5 Å². The molecular weight excluding hydrogens is 316 g/mol. The van der Waals surface area contributed by atoms with Crippen LogP contribution in [0.15, 0.2) is 40.3 Å². The van der Waals surface area contributed by atoms with E-state index in [1.807, 2.05) is 29.2 Å². The van der Waals surface area contributed by atoms with Gasteiger partial charge >= 0.3 is 0 Å². The molecule has 1 aliphatic heterocycles. The molecule has 0 radical (unpaired) electrons. The van der Waals surface area contributed by atoms with Gasteiger partial charge in [0.05, 0.1) is 12.6 Å². The van der Waals surface area contributed by atoms with Crippen LogP contribution in [0.1, 0.15) is 32.1 Å². The van der Waals surface area contributed by atoms with E-state index in [4.69, 9.17) is 21.2 Å². The summed E-state index contributed by atoms with van der Waals surface area (Å²) in [6, 6.07) is 9.89. The van der Waals surface area contributed by atoms with Gasteiger partial charge in [-0.3, -0.25) is 4.90 Å². The van der Waals surface area contributed by atoms with Crippen molar-refractivity contribution in [1.82, 2.24) is 4.98 Å². The largest absolute Gasteiger partial charge is 0.481 e. The summed E-state index contributed by atoms with van der Waals surface area (Å²) in [5.74, 6) is 1.26. The number of fused-ring (bicyclic) bond motifs is 1. The van der Waals surface area contributed by atoms with Crippen molar-refractivity contribution in [2.75, 3.05) is 12.0 Å². The highest BCUT2D eigenvalue weighted by molar-refractivity contribution is 6.06. The highest BCUT2D eigenvalue weighted by Gasteiger charge is 2.42. The minimum absolute atomic E-state index is 0.267. The Kier molecular flexibility index (Phi) is 3.71. The van der Waals surface area contributed by atoms with E-state index in [0.29, 0.717) is 11.8 Å². The minimum atomic E-state index is -0.429. The van der Waals surface area contributed by atoms with Gasteiger partial charge in [0, 0.05) is 17.1 Å². The van der Waals surface area contributed by atoms with E-state index in [1.54, 1.807) is 7.11 Å². The van der Waals surface area contributed by atoms with Crippen LogP contribution in [-0.2, 0) is 0 Å². The number of ether oxygens (including phenoxy) is 1. The van der Waals surface area contributed by atoms with Crippen LogP contribution >= 0.6 is 0 Å². The molecule has 130 valence electrons. The van der Waals surface area contributed by atoms with Crippen LogP contribution in [0.2, 0.25) is 0 Å². The zero-order chi connectivity index (χ0) is 17.4. The Hall–Kier alpha value is -2.83. The predicted molar refractivity (Wildman–Crippen MR) is 99.8 cm³/mol. The maximum Gasteiger partial charge on any atom is 0.220 e. The van der Waals surface area contributed by atoms with E-state index in [9.17, 15) is 0 Å². The summed E-state index contributed by atoms with van der Waals surface area (Å²) in [5.41, 5.74) is 13.6. The number of rotatable bonds is 2. The number of pyridine rings is 1. The first-order valence-corrected chi connectivity index (χ1v) is 8.56. The molecule has 2 aliphatic rings. The summed E-state index contributed by atoms with van der Waals surface area (Å²) < 4.78 is 5.20. The van der Waals surface area contributed by atoms with E-state index >= 15 is 0 Å². The monoisotopic (exact) mass is 338 g/mol. The number of methoxy groups -OCH3 is 1. The molecule has 1 spiro atoms. The van der Waals surface area contributed by atoms with Gasteiger partial charge in [-0.2, -0.15) is 4.99 Å². The SMILES string of the molecule is COc1ccc2cc(N3C(N)=NC(N)=NC34CCCCC4)ccc2n1. The molecule has 0 atom stereocenters. The van der Waals surface area contributed by atoms with Crippen molar-refractivity contribution in [3.8, 4) is 5.88 Å². The van der Waals surface area contributed by atoms with Crippen molar-refractivity contribution >= 4 is 28.5 Å². The Balaban J connectivity index is 1.80. The molecule has 7 heteroatoms. The predicted octanol–water partition coefficient (Wildman–Crippen LogP) is 2.35. The molecule has 1 fully saturated rings. The van der Waals surface area contributed by atoms with Crippen LogP contribution in [0.4, 0.5) is 5.69 Å². The molecule has 0 amide bonds. The summed E-state index contributed by atoms with van der Waals surface area (Å²) in [4.78, 5) is 15.4. The van der Waals surface area contributed by atoms with Crippen LogP contribution in [-0.4, -0.2) is 29.7 Å². The molecule has 1 aliphatic carbocycles. The maximum absolute atomic E-state index is 6.28. The quantitative estimate of drug-likeness (QED) is 0.875. The first-order chi connectivity index (χ1) is 12.1. The number of nitrogens with two attached hydrogens (primary N) is 2. The van der Waals surface area contributed by atoms with E-state index < -0.39 is 5.66 Å². The van der Waals surface area contributed by atoms with E-state index in [0.717, 1.165) is 42.3 Å². The maximum atomic E-state index is 6.28. The molecule has 1 aromatic carbocycles. The molecule has 0 unspecified atom stereocenters. The molecule has 1 aromatic heterocycles. The van der Waals surface area contributed by atoms with Crippen molar-refractivity contribution in [3.63, 3.8) is 0 Å². The molecule has 25 heavy (non-hydrogen) atoms. The lowest BCUT2D eigenvalue weighted by Gasteiger charge is -2.45. The fourth-order valence-corrected chi connectivity index (χ4v) is 3.84. The molecule has 1 saturated carbocycles. The van der Waals surface area contributed by atoms with Crippen molar-refractivity contribution < 1.29 is 4.74 Å². The number of hydrogen-bond acceptors (Lipinski definition) is 7. The lowest BCUT2D eigenvalue weighted by atomic mass is 9.87. The number of benzene rings is 1. The zero-order valence-corrected chi connectivity index (χ0v) is 14.3. The number of aliphatic imine (C=N–C) groups is 2. The van der Waals surface area contributed by atoms with Crippen LogP contribution in [0.25, 0.3) is 10.9 Å². The van der Waals surface area contributed by atoms with E-state index in [1.165, 1.54) is 6.42 Å². The van der Waals surface area contributed by atoms with Crippen LogP contribution < -0.4 is 21.1 Å². The first-order valence-electron chi connectivity index (χ1n) is 8.56. The third-order valence-corrected chi connectivity index (χ3v) is 4.97. The average molecular weight is 338 g/mol. The van der Waals surface area contributed by atoms with Crippen molar-refractivity contribution in [3.05, 3.63) is 30.3 Å². The Morgan fingerprint density at radius 3 is 2.64 bits per heavy atom. The molecule has 7 nitrogen and oxygen atoms in total. The standard InChI is InChI=1S/C18H22N6O/c1-25-15-8-5-12-11-13(6-7-14(12)21-15)24-17(20)22-16(19)23-18(24)9-3-2-4-10-18/h5-8,11H,2-4,9-10H2,1H3,(H4,19,20,22,23). The molecule has 4 rings (SSSR count). The van der Waals surface area contributed by atoms with Gasteiger partial charge in [0.25, 0.3) is 0 Å². The van der Waals surface area contributed by atoms with Gasteiger partial charge in [-0.25, -0.2) is 9.98 Å². The van der Waals surface area contributed by atoms with Crippen LogP contribution in [0.5, 0.6) is 5.88 Å². The summed E-state index contributed by atoms with van der Waals surface area (Å²) >= 11 is 0. The third kappa shape index (κ3) is 2.65. The normalized spacial score (nSPS) is 19.6. The van der Waals surface area contributed by atoms with Gasteiger partial charge in [0.1, 0.15) is 5.66 Å². The fourth-order valence-electron chi connectivity index (χ4n) is 3.84. The van der Waals surface area contributed by atoms with Gasteiger partial charge in [0.2, 0.25) is 17.8 Å². The van der Waals surface area contributed by atoms with Gasteiger partial charge in [0.15, 0.2) is 0 Å². The third-order valence-electron chi connectivity index (χ3n) is 4.97. The summed E-state index contributed by atoms with van der Waals surface area (Å²) in [6.45, 7) is 0. The van der Waals surface area contributed by atoms with Gasteiger partial charge < -0.3 is 16.2 Å². The molecule has 0 saturated heterocycles. The summed E-state index contributed by atoms with van der Waals surface area (Å²) in [6.07, 6.45) is 5.26. The second-order valence-corrected chi connectivity index (χ2v) is 6.55. The number of guanidine groups is 2. The van der Waals surface area contributed by atoms with Gasteiger partial charge in [-0.15, -0.1) is 0 Å². The van der Waals surface area contributed by atoms with E-state index in [-0.39, 0.29) is 5.96 Å². The Morgan fingerprint density at radius 2 is 1.88 bits per heavy atom. The Bertz CT molecular complexity index is 869. The summed E-state index contributed by atoms with van der Waals surface area (Å²) in [5, 5.41) is 1.01. The zero-order valence-electron chi connectivity index (χ0n) is 14.3. The number of nitrogens with zero attached hydrogens (tertiary/aromatic N) is 4. The molecule has 2 heterocycles. The van der Waals surface area contributed by atoms with Crippen LogP contribution in [0.3, 0.4) is 0 Å². The number of anilines is 1. The minimum Gasteiger partial charge on any atom is -0.481 e. The van der Waals surface area contributed by atoms with Crippen LogP contribution in [0, 0.1) is 0 Å². The Morgan fingerprint density at radius 1 is 1.08 bits per heavy atom. The van der Waals surface area contributed by atoms with Gasteiger partial charge in [-0.1, -0.05) is 6.42 Å².